The minimum absolute atomic E-state index is 0.161. The Kier molecular flexibility index (Phi) is 6.52. The van der Waals surface area contributed by atoms with Crippen LogP contribution in [0.4, 0.5) is 5.69 Å². The minimum atomic E-state index is -0.321. The first-order valence-electron chi connectivity index (χ1n) is 8.57. The lowest BCUT2D eigenvalue weighted by atomic mass is 10.1. The summed E-state index contributed by atoms with van der Waals surface area (Å²) >= 11 is 1.61. The molecule has 6 nitrogen and oxygen atoms in total. The van der Waals surface area contributed by atoms with Gasteiger partial charge in [0.05, 0.1) is 23.7 Å². The van der Waals surface area contributed by atoms with Crippen LogP contribution in [0.1, 0.15) is 11.3 Å². The zero-order chi connectivity index (χ0) is 17.5. The van der Waals surface area contributed by atoms with Crippen LogP contribution < -0.4 is 5.32 Å². The first-order valence-corrected chi connectivity index (χ1v) is 9.39. The summed E-state index contributed by atoms with van der Waals surface area (Å²) in [5.74, 6) is 0. The van der Waals surface area contributed by atoms with Gasteiger partial charge in [0.15, 0.2) is 0 Å². The smallest absolute Gasteiger partial charge is 0.278 e. The lowest BCUT2D eigenvalue weighted by molar-refractivity contribution is -0.384. The number of nitro groups is 1. The molecule has 0 saturated carbocycles. The van der Waals surface area contributed by atoms with Crippen LogP contribution in [0.25, 0.3) is 10.4 Å². The van der Waals surface area contributed by atoms with E-state index in [1.54, 1.807) is 23.5 Å². The van der Waals surface area contributed by atoms with E-state index in [9.17, 15) is 10.1 Å². The second-order valence-corrected chi connectivity index (χ2v) is 7.19. The van der Waals surface area contributed by atoms with Crippen LogP contribution in [-0.4, -0.2) is 49.2 Å². The summed E-state index contributed by atoms with van der Waals surface area (Å²) in [6.45, 7) is 6.62. The molecule has 0 amide bonds. The Morgan fingerprint density at radius 1 is 1.20 bits per heavy atom. The van der Waals surface area contributed by atoms with Crippen LogP contribution in [0.15, 0.2) is 36.4 Å². The topological polar surface area (TPSA) is 67.6 Å². The molecule has 25 heavy (non-hydrogen) atoms. The fraction of sp³-hybridized carbons (Fsp3) is 0.444. The number of para-hydroxylation sites is 1. The first-order chi connectivity index (χ1) is 12.2. The van der Waals surface area contributed by atoms with E-state index in [0.717, 1.165) is 57.2 Å². The average molecular weight is 361 g/mol. The Morgan fingerprint density at radius 2 is 2.00 bits per heavy atom. The quantitative estimate of drug-likeness (QED) is 0.444. The number of ether oxygens (including phenoxy) is 1. The van der Waals surface area contributed by atoms with E-state index in [1.165, 1.54) is 4.88 Å². The van der Waals surface area contributed by atoms with Gasteiger partial charge < -0.3 is 10.1 Å². The van der Waals surface area contributed by atoms with Crippen molar-refractivity contribution in [2.75, 3.05) is 39.4 Å². The Hall–Kier alpha value is -1.80. The SMILES string of the molecule is O=[N+]([O-])c1ccccc1-c1ccc(CNCCCN2CCOCC2)s1. The van der Waals surface area contributed by atoms with Crippen molar-refractivity contribution >= 4 is 17.0 Å². The molecule has 0 radical (unpaired) electrons. The Bertz CT molecular complexity index is 698. The van der Waals surface area contributed by atoms with Crippen molar-refractivity contribution in [3.63, 3.8) is 0 Å². The van der Waals surface area contributed by atoms with E-state index >= 15 is 0 Å². The Balaban J connectivity index is 1.47. The highest BCUT2D eigenvalue weighted by atomic mass is 32.1. The van der Waals surface area contributed by atoms with Crippen molar-refractivity contribution in [3.05, 3.63) is 51.4 Å². The van der Waals surface area contributed by atoms with Gasteiger partial charge >= 0.3 is 0 Å². The van der Waals surface area contributed by atoms with Crippen molar-refractivity contribution in [1.29, 1.82) is 0 Å². The van der Waals surface area contributed by atoms with E-state index in [1.807, 2.05) is 24.3 Å². The number of hydrogen-bond donors (Lipinski definition) is 1. The second kappa shape index (κ2) is 9.05. The molecular formula is C18H23N3O3S. The van der Waals surface area contributed by atoms with Gasteiger partial charge in [-0.25, -0.2) is 0 Å². The van der Waals surface area contributed by atoms with Crippen molar-refractivity contribution < 1.29 is 9.66 Å². The zero-order valence-corrected chi connectivity index (χ0v) is 15.0. The van der Waals surface area contributed by atoms with Gasteiger partial charge in [-0.05, 0) is 37.7 Å². The third kappa shape index (κ3) is 5.09. The van der Waals surface area contributed by atoms with Crippen molar-refractivity contribution in [3.8, 4) is 10.4 Å². The third-order valence-electron chi connectivity index (χ3n) is 4.26. The standard InChI is InChI=1S/C18H23N3O3S/c22-21(23)17-5-2-1-4-16(17)18-7-6-15(25-18)14-19-8-3-9-20-10-12-24-13-11-20/h1-2,4-7,19H,3,8-14H2. The highest BCUT2D eigenvalue weighted by molar-refractivity contribution is 7.15. The van der Waals surface area contributed by atoms with E-state index in [0.29, 0.717) is 5.56 Å². The maximum absolute atomic E-state index is 11.2. The molecule has 1 aromatic carbocycles. The number of nitro benzene ring substituents is 1. The van der Waals surface area contributed by atoms with Gasteiger partial charge in [-0.15, -0.1) is 11.3 Å². The number of rotatable bonds is 8. The molecule has 0 unspecified atom stereocenters. The second-order valence-electron chi connectivity index (χ2n) is 6.02. The third-order valence-corrected chi connectivity index (χ3v) is 5.38. The highest BCUT2D eigenvalue weighted by Gasteiger charge is 2.15. The summed E-state index contributed by atoms with van der Waals surface area (Å²) in [6, 6.07) is 10.9. The van der Waals surface area contributed by atoms with Gasteiger partial charge in [0.2, 0.25) is 0 Å². The molecule has 1 fully saturated rings. The zero-order valence-electron chi connectivity index (χ0n) is 14.1. The Morgan fingerprint density at radius 3 is 2.80 bits per heavy atom. The summed E-state index contributed by atoms with van der Waals surface area (Å²) < 4.78 is 5.35. The van der Waals surface area contributed by atoms with E-state index in [-0.39, 0.29) is 10.6 Å². The summed E-state index contributed by atoms with van der Waals surface area (Å²) in [6.07, 6.45) is 1.11. The van der Waals surface area contributed by atoms with Crippen LogP contribution in [-0.2, 0) is 11.3 Å². The molecule has 0 aliphatic carbocycles. The predicted molar refractivity (Wildman–Crippen MR) is 100.0 cm³/mol. The molecule has 0 spiro atoms. The fourth-order valence-electron chi connectivity index (χ4n) is 2.92. The molecule has 1 N–H and O–H groups in total. The van der Waals surface area contributed by atoms with Gasteiger partial charge in [-0.1, -0.05) is 12.1 Å². The van der Waals surface area contributed by atoms with Gasteiger partial charge in [0.25, 0.3) is 5.69 Å². The maximum atomic E-state index is 11.2. The number of morpholine rings is 1. The van der Waals surface area contributed by atoms with Gasteiger partial charge in [0.1, 0.15) is 0 Å². The molecule has 0 bridgehead atoms. The largest absolute Gasteiger partial charge is 0.379 e. The molecule has 134 valence electrons. The lowest BCUT2D eigenvalue weighted by Crippen LogP contribution is -2.37. The average Bonchev–Trinajstić information content (AvgIpc) is 3.11. The van der Waals surface area contributed by atoms with Crippen molar-refractivity contribution in [2.45, 2.75) is 13.0 Å². The van der Waals surface area contributed by atoms with Gasteiger partial charge in [0, 0.05) is 35.5 Å². The fourth-order valence-corrected chi connectivity index (χ4v) is 3.93. The van der Waals surface area contributed by atoms with Gasteiger partial charge in [-0.2, -0.15) is 0 Å². The number of nitrogens with zero attached hydrogens (tertiary/aromatic N) is 2. The summed E-state index contributed by atoms with van der Waals surface area (Å²) in [4.78, 5) is 15.4. The van der Waals surface area contributed by atoms with E-state index in [4.69, 9.17) is 4.74 Å². The van der Waals surface area contributed by atoms with Crippen LogP contribution >= 0.6 is 11.3 Å². The molecule has 3 rings (SSSR count). The first kappa shape index (κ1) is 18.0. The van der Waals surface area contributed by atoms with Crippen molar-refractivity contribution in [1.82, 2.24) is 10.2 Å². The van der Waals surface area contributed by atoms with E-state index < -0.39 is 0 Å². The molecule has 0 atom stereocenters. The van der Waals surface area contributed by atoms with Crippen LogP contribution in [0, 0.1) is 10.1 Å². The maximum Gasteiger partial charge on any atom is 0.278 e. The van der Waals surface area contributed by atoms with E-state index in [2.05, 4.69) is 10.2 Å². The number of hydrogen-bond acceptors (Lipinski definition) is 6. The minimum Gasteiger partial charge on any atom is -0.379 e. The molecule has 2 aromatic rings. The summed E-state index contributed by atoms with van der Waals surface area (Å²) in [5, 5.41) is 14.6. The van der Waals surface area contributed by atoms with Gasteiger partial charge in [-0.3, -0.25) is 15.0 Å². The molecule has 1 aromatic heterocycles. The monoisotopic (exact) mass is 361 g/mol. The number of thiophene rings is 1. The molecule has 1 saturated heterocycles. The number of benzene rings is 1. The van der Waals surface area contributed by atoms with Crippen molar-refractivity contribution in [2.24, 2.45) is 0 Å². The van der Waals surface area contributed by atoms with Crippen LogP contribution in [0.2, 0.25) is 0 Å². The molecular weight excluding hydrogens is 338 g/mol. The number of nitrogens with one attached hydrogen (secondary N) is 1. The predicted octanol–water partition coefficient (Wildman–Crippen LogP) is 3.14. The molecule has 1 aliphatic heterocycles. The molecule has 7 heteroatoms. The normalized spacial score (nSPS) is 15.4. The summed E-state index contributed by atoms with van der Waals surface area (Å²) in [5.41, 5.74) is 0.852. The van der Waals surface area contributed by atoms with Crippen LogP contribution in [0.3, 0.4) is 0 Å². The Labute approximate surface area is 151 Å². The molecule has 2 heterocycles. The lowest BCUT2D eigenvalue weighted by Gasteiger charge is -2.26. The van der Waals surface area contributed by atoms with Crippen LogP contribution in [0.5, 0.6) is 0 Å². The molecule has 1 aliphatic rings. The highest BCUT2D eigenvalue weighted by Crippen LogP contribution is 2.34. The summed E-state index contributed by atoms with van der Waals surface area (Å²) in [7, 11) is 0.